The molecular weight excluding hydrogens is 522 g/mol. The molecule has 0 aromatic heterocycles. The van der Waals surface area contributed by atoms with Gasteiger partial charge in [0.2, 0.25) is 0 Å². The summed E-state index contributed by atoms with van der Waals surface area (Å²) in [6.07, 6.45) is -0.926. The zero-order valence-electron chi connectivity index (χ0n) is 24.9. The molecule has 2 unspecified atom stereocenters. The van der Waals surface area contributed by atoms with Crippen molar-refractivity contribution in [2.75, 3.05) is 19.8 Å². The van der Waals surface area contributed by atoms with Crippen molar-refractivity contribution < 1.29 is 47.6 Å². The van der Waals surface area contributed by atoms with Crippen LogP contribution >= 0.6 is 0 Å². The average Bonchev–Trinajstić information content (AvgIpc) is 2.89. The fourth-order valence-electron chi connectivity index (χ4n) is 2.78. The van der Waals surface area contributed by atoms with Crippen LogP contribution in [0.5, 0.6) is 11.5 Å². The van der Waals surface area contributed by atoms with Crippen LogP contribution in [0.4, 0.5) is 9.59 Å². The van der Waals surface area contributed by atoms with E-state index in [0.717, 1.165) is 12.8 Å². The van der Waals surface area contributed by atoms with Gasteiger partial charge in [-0.2, -0.15) is 0 Å². The zero-order valence-corrected chi connectivity index (χ0v) is 24.9. The van der Waals surface area contributed by atoms with Gasteiger partial charge in [0.25, 0.3) is 0 Å². The first-order chi connectivity index (χ1) is 18.7. The Morgan fingerprint density at radius 2 is 1.32 bits per heavy atom. The van der Waals surface area contributed by atoms with Crippen LogP contribution in [-0.4, -0.2) is 56.2 Å². The number of ether oxygens (including phenoxy) is 6. The van der Waals surface area contributed by atoms with Gasteiger partial charge in [0, 0.05) is 0 Å². The summed E-state index contributed by atoms with van der Waals surface area (Å²) in [5.74, 6) is -1.01. The summed E-state index contributed by atoms with van der Waals surface area (Å²) >= 11 is 0. The highest BCUT2D eigenvalue weighted by Crippen LogP contribution is 2.30. The Labute approximate surface area is 236 Å². The second-order valence-electron chi connectivity index (χ2n) is 11.0. The lowest BCUT2D eigenvalue weighted by molar-refractivity contribution is -0.165. The molecule has 0 saturated carbocycles. The van der Waals surface area contributed by atoms with E-state index < -0.39 is 41.8 Å². The molecule has 0 saturated heterocycles. The topological polar surface area (TPSA) is 150 Å². The van der Waals surface area contributed by atoms with E-state index in [0.29, 0.717) is 5.56 Å². The van der Waals surface area contributed by atoms with Gasteiger partial charge >= 0.3 is 24.2 Å². The summed E-state index contributed by atoms with van der Waals surface area (Å²) in [6, 6.07) is 3.32. The van der Waals surface area contributed by atoms with Crippen LogP contribution in [0.15, 0.2) is 18.2 Å². The third-order valence-electron chi connectivity index (χ3n) is 5.90. The van der Waals surface area contributed by atoms with Crippen LogP contribution in [0.2, 0.25) is 0 Å². The highest BCUT2D eigenvalue weighted by molar-refractivity contribution is 5.77. The van der Waals surface area contributed by atoms with Gasteiger partial charge in [-0.1, -0.05) is 46.6 Å². The fraction of sp³-hybridized carbons (Fsp3) is 0.655. The first-order valence-electron chi connectivity index (χ1n) is 13.6. The van der Waals surface area contributed by atoms with Gasteiger partial charge in [-0.05, 0) is 63.6 Å². The molecule has 11 heteroatoms. The molecule has 0 heterocycles. The van der Waals surface area contributed by atoms with Crippen molar-refractivity contribution in [1.29, 1.82) is 0 Å². The number of hydrogen-bond donors (Lipinski definition) is 1. The first kappa shape index (κ1) is 34.7. The van der Waals surface area contributed by atoms with Gasteiger partial charge in [-0.25, -0.2) is 9.59 Å². The monoisotopic (exact) mass is 567 g/mol. The van der Waals surface area contributed by atoms with Gasteiger partial charge < -0.3 is 34.2 Å². The molecule has 0 radical (unpaired) electrons. The first-order valence-corrected chi connectivity index (χ1v) is 13.6. The molecule has 0 spiro atoms. The van der Waals surface area contributed by atoms with Crippen molar-refractivity contribution in [2.24, 2.45) is 23.0 Å². The Balaban J connectivity index is 2.91. The Kier molecular flexibility index (Phi) is 14.5. The fourth-order valence-corrected chi connectivity index (χ4v) is 2.78. The van der Waals surface area contributed by atoms with Gasteiger partial charge in [0.1, 0.15) is 18.8 Å². The molecule has 40 heavy (non-hydrogen) atoms. The van der Waals surface area contributed by atoms with E-state index in [9.17, 15) is 19.2 Å². The molecule has 1 aromatic carbocycles. The number of rotatable bonds is 14. The molecule has 4 atom stereocenters. The minimum atomic E-state index is -1.07. The van der Waals surface area contributed by atoms with Crippen LogP contribution in [0.3, 0.4) is 0 Å². The highest BCUT2D eigenvalue weighted by atomic mass is 16.7. The number of carbonyl (C=O) groups excluding carboxylic acids is 4. The molecule has 226 valence electrons. The van der Waals surface area contributed by atoms with Crippen LogP contribution < -0.4 is 15.2 Å². The van der Waals surface area contributed by atoms with E-state index in [1.54, 1.807) is 33.8 Å². The molecule has 11 nitrogen and oxygen atoms in total. The standard InChI is InChI=1S/C29H45NO10/c1-9-18(3)15-36-27(33)39-23-12-11-21(14-24(23)40-28(34)37-16-19(4)10-2)13-22(30)25(31)35-17-20(5)38-26(32)29(6,7)8/h11-12,14,18-20,22H,9-10,13,15-17,30H2,1-8H3/t18?,19?,20-,22-/m0/s1. The molecule has 0 bridgehead atoms. The van der Waals surface area contributed by atoms with Crippen LogP contribution in [0.1, 0.15) is 73.8 Å². The van der Waals surface area contributed by atoms with Gasteiger partial charge in [-0.3, -0.25) is 9.59 Å². The van der Waals surface area contributed by atoms with E-state index in [-0.39, 0.29) is 49.6 Å². The van der Waals surface area contributed by atoms with Crippen molar-refractivity contribution in [3.8, 4) is 11.5 Å². The third kappa shape index (κ3) is 13.1. The number of carbonyl (C=O) groups is 4. The zero-order chi connectivity index (χ0) is 30.5. The summed E-state index contributed by atoms with van der Waals surface area (Å²) in [4.78, 5) is 49.0. The Hall–Kier alpha value is -3.34. The third-order valence-corrected chi connectivity index (χ3v) is 5.90. The van der Waals surface area contributed by atoms with Crippen LogP contribution in [0.25, 0.3) is 0 Å². The van der Waals surface area contributed by atoms with Gasteiger partial charge in [-0.15, -0.1) is 0 Å². The smallest absolute Gasteiger partial charge is 0.461 e. The second kappa shape index (κ2) is 16.7. The minimum Gasteiger partial charge on any atom is -0.461 e. The second-order valence-corrected chi connectivity index (χ2v) is 11.0. The number of nitrogens with two attached hydrogens (primary N) is 1. The molecule has 0 fully saturated rings. The largest absolute Gasteiger partial charge is 0.513 e. The Morgan fingerprint density at radius 3 is 1.82 bits per heavy atom. The summed E-state index contributed by atoms with van der Waals surface area (Å²) in [5, 5.41) is 0. The summed E-state index contributed by atoms with van der Waals surface area (Å²) < 4.78 is 31.3. The minimum absolute atomic E-state index is 0.0199. The van der Waals surface area contributed by atoms with Crippen LogP contribution in [-0.2, 0) is 35.0 Å². The summed E-state index contributed by atoms with van der Waals surface area (Å²) in [7, 11) is 0. The highest BCUT2D eigenvalue weighted by Gasteiger charge is 2.26. The maximum atomic E-state index is 12.5. The lowest BCUT2D eigenvalue weighted by Gasteiger charge is -2.21. The van der Waals surface area contributed by atoms with E-state index in [4.69, 9.17) is 34.2 Å². The molecule has 1 rings (SSSR count). The van der Waals surface area contributed by atoms with Gasteiger partial charge in [0.05, 0.1) is 18.6 Å². The Morgan fingerprint density at radius 1 is 0.800 bits per heavy atom. The molecule has 0 amide bonds. The molecule has 0 aliphatic carbocycles. The Bertz CT molecular complexity index is 988. The molecule has 2 N–H and O–H groups in total. The molecule has 0 aliphatic heterocycles. The van der Waals surface area contributed by atoms with Crippen molar-refractivity contribution in [2.45, 2.75) is 86.8 Å². The van der Waals surface area contributed by atoms with Gasteiger partial charge in [0.15, 0.2) is 11.5 Å². The maximum absolute atomic E-state index is 12.5. The van der Waals surface area contributed by atoms with Crippen LogP contribution in [0, 0.1) is 17.3 Å². The molecular formula is C29H45NO10. The number of hydrogen-bond acceptors (Lipinski definition) is 11. The molecule has 1 aromatic rings. The predicted octanol–water partition coefficient (Wildman–Crippen LogP) is 5.20. The lowest BCUT2D eigenvalue weighted by Crippen LogP contribution is -2.37. The predicted molar refractivity (Wildman–Crippen MR) is 147 cm³/mol. The number of benzene rings is 1. The quantitative estimate of drug-likeness (QED) is 0.179. The van der Waals surface area contributed by atoms with Crippen molar-refractivity contribution in [3.05, 3.63) is 23.8 Å². The molecule has 0 aliphatic rings. The SMILES string of the molecule is CCC(C)COC(=O)Oc1ccc(C[C@H](N)C(=O)OC[C@H](C)OC(=O)C(C)(C)C)cc1OC(=O)OCC(C)CC. The van der Waals surface area contributed by atoms with E-state index in [1.165, 1.54) is 12.1 Å². The number of esters is 2. The van der Waals surface area contributed by atoms with E-state index in [2.05, 4.69) is 0 Å². The van der Waals surface area contributed by atoms with E-state index >= 15 is 0 Å². The van der Waals surface area contributed by atoms with Crippen molar-refractivity contribution in [1.82, 2.24) is 0 Å². The average molecular weight is 568 g/mol. The van der Waals surface area contributed by atoms with Crippen molar-refractivity contribution >= 4 is 24.2 Å². The summed E-state index contributed by atoms with van der Waals surface area (Å²) in [5.41, 5.74) is 5.85. The maximum Gasteiger partial charge on any atom is 0.513 e. The van der Waals surface area contributed by atoms with E-state index in [1.807, 2.05) is 27.7 Å². The summed E-state index contributed by atoms with van der Waals surface area (Å²) in [6.45, 7) is 14.7. The van der Waals surface area contributed by atoms with Crippen molar-refractivity contribution in [3.63, 3.8) is 0 Å². The lowest BCUT2D eigenvalue weighted by atomic mass is 9.97. The normalized spacial score (nSPS) is 14.2.